The Labute approximate surface area is 99.1 Å². The Morgan fingerprint density at radius 1 is 1.31 bits per heavy atom. The van der Waals surface area contributed by atoms with Gasteiger partial charge >= 0.3 is 0 Å². The van der Waals surface area contributed by atoms with Crippen molar-refractivity contribution in [1.29, 1.82) is 0 Å². The lowest BCUT2D eigenvalue weighted by Gasteiger charge is -2.32. The molecule has 3 nitrogen and oxygen atoms in total. The number of aliphatic hydroxyl groups is 1. The molecule has 3 atom stereocenters. The molecule has 1 aliphatic rings. The van der Waals surface area contributed by atoms with Gasteiger partial charge < -0.3 is 14.6 Å². The van der Waals surface area contributed by atoms with Gasteiger partial charge in [-0.15, -0.1) is 0 Å². The van der Waals surface area contributed by atoms with Gasteiger partial charge in [0, 0.05) is 13.7 Å². The van der Waals surface area contributed by atoms with Gasteiger partial charge in [0.15, 0.2) is 0 Å². The van der Waals surface area contributed by atoms with E-state index in [2.05, 4.69) is 20.8 Å². The van der Waals surface area contributed by atoms with Gasteiger partial charge in [-0.3, -0.25) is 0 Å². The molecule has 1 fully saturated rings. The molecule has 1 rings (SSSR count). The summed E-state index contributed by atoms with van der Waals surface area (Å²) in [5.41, 5.74) is -0.134. The predicted octanol–water partition coefficient (Wildman–Crippen LogP) is 2.37. The average molecular weight is 230 g/mol. The third kappa shape index (κ3) is 4.40. The Morgan fingerprint density at radius 2 is 2.00 bits per heavy atom. The Bertz CT molecular complexity index is 203. The predicted molar refractivity (Wildman–Crippen MR) is 64.5 cm³/mol. The summed E-state index contributed by atoms with van der Waals surface area (Å²) in [4.78, 5) is 0. The molecule has 1 aliphatic carbocycles. The van der Waals surface area contributed by atoms with Crippen LogP contribution < -0.4 is 0 Å². The van der Waals surface area contributed by atoms with E-state index in [-0.39, 0.29) is 17.8 Å². The number of rotatable bonds is 5. The van der Waals surface area contributed by atoms with Crippen LogP contribution in [0.3, 0.4) is 0 Å². The van der Waals surface area contributed by atoms with Crippen LogP contribution in [0.4, 0.5) is 0 Å². The molecule has 0 aromatic rings. The molecule has 0 spiro atoms. The lowest BCUT2D eigenvalue weighted by atomic mass is 9.86. The molecule has 96 valence electrons. The minimum atomic E-state index is -0.276. The summed E-state index contributed by atoms with van der Waals surface area (Å²) in [6.07, 6.45) is 3.58. The van der Waals surface area contributed by atoms with Crippen LogP contribution in [0.2, 0.25) is 0 Å². The normalized spacial score (nSPS) is 31.7. The fourth-order valence-corrected chi connectivity index (χ4v) is 2.05. The highest BCUT2D eigenvalue weighted by atomic mass is 16.5. The summed E-state index contributed by atoms with van der Waals surface area (Å²) in [6.45, 7) is 6.99. The van der Waals surface area contributed by atoms with Crippen LogP contribution >= 0.6 is 0 Å². The van der Waals surface area contributed by atoms with E-state index >= 15 is 0 Å². The maximum Gasteiger partial charge on any atom is 0.0836 e. The van der Waals surface area contributed by atoms with Crippen molar-refractivity contribution in [2.45, 2.75) is 64.3 Å². The second-order valence-corrected chi connectivity index (χ2v) is 5.61. The van der Waals surface area contributed by atoms with Crippen molar-refractivity contribution >= 4 is 0 Å². The van der Waals surface area contributed by atoms with Gasteiger partial charge in [-0.2, -0.15) is 0 Å². The molecule has 0 heterocycles. The minimum Gasteiger partial charge on any atom is -0.390 e. The number of ether oxygens (including phenoxy) is 2. The summed E-state index contributed by atoms with van der Waals surface area (Å²) < 4.78 is 11.1. The van der Waals surface area contributed by atoms with E-state index in [0.29, 0.717) is 12.5 Å². The van der Waals surface area contributed by atoms with Crippen LogP contribution in [-0.2, 0) is 9.47 Å². The average Bonchev–Trinajstić information content (AvgIpc) is 2.23. The molecule has 3 heteroatoms. The molecule has 0 aromatic carbocycles. The highest BCUT2D eigenvalue weighted by Gasteiger charge is 2.28. The van der Waals surface area contributed by atoms with Gasteiger partial charge in [-0.05, 0) is 45.4 Å². The van der Waals surface area contributed by atoms with Gasteiger partial charge in [0.05, 0.1) is 17.8 Å². The molecule has 16 heavy (non-hydrogen) atoms. The lowest BCUT2D eigenvalue weighted by Crippen LogP contribution is -2.36. The van der Waals surface area contributed by atoms with Crippen LogP contribution in [0.15, 0.2) is 0 Å². The van der Waals surface area contributed by atoms with Crippen molar-refractivity contribution in [3.8, 4) is 0 Å². The van der Waals surface area contributed by atoms with Crippen molar-refractivity contribution in [3.05, 3.63) is 0 Å². The summed E-state index contributed by atoms with van der Waals surface area (Å²) in [7, 11) is 1.72. The molecule has 0 aliphatic heterocycles. The number of hydrogen-bond acceptors (Lipinski definition) is 3. The first-order valence-electron chi connectivity index (χ1n) is 6.29. The van der Waals surface area contributed by atoms with E-state index in [9.17, 15) is 5.11 Å². The molecule has 0 radical (unpaired) electrons. The van der Waals surface area contributed by atoms with Gasteiger partial charge in [-0.25, -0.2) is 0 Å². The second-order valence-electron chi connectivity index (χ2n) is 5.61. The van der Waals surface area contributed by atoms with E-state index < -0.39 is 0 Å². The Hall–Kier alpha value is -0.120. The van der Waals surface area contributed by atoms with Crippen LogP contribution in [0.25, 0.3) is 0 Å². The van der Waals surface area contributed by atoms with E-state index in [1.165, 1.54) is 0 Å². The van der Waals surface area contributed by atoms with Crippen LogP contribution in [-0.4, -0.2) is 36.6 Å². The van der Waals surface area contributed by atoms with Crippen LogP contribution in [0.5, 0.6) is 0 Å². The number of methoxy groups -OCH3 is 1. The van der Waals surface area contributed by atoms with Gasteiger partial charge in [0.1, 0.15) is 0 Å². The maximum atomic E-state index is 9.82. The lowest BCUT2D eigenvalue weighted by molar-refractivity contribution is -0.0866. The van der Waals surface area contributed by atoms with Crippen molar-refractivity contribution in [2.75, 3.05) is 13.7 Å². The maximum absolute atomic E-state index is 9.82. The first-order valence-corrected chi connectivity index (χ1v) is 6.29. The molecule has 1 N–H and O–H groups in total. The SMILES string of the molecule is COC(C)(C)CCOC1CC(C)CCC1O. The molecule has 0 saturated heterocycles. The van der Waals surface area contributed by atoms with Crippen molar-refractivity contribution < 1.29 is 14.6 Å². The molecule has 1 saturated carbocycles. The van der Waals surface area contributed by atoms with Crippen molar-refractivity contribution in [2.24, 2.45) is 5.92 Å². The first-order chi connectivity index (χ1) is 7.44. The molecule has 0 bridgehead atoms. The van der Waals surface area contributed by atoms with E-state index in [0.717, 1.165) is 25.7 Å². The fourth-order valence-electron chi connectivity index (χ4n) is 2.05. The third-order valence-electron chi connectivity index (χ3n) is 3.61. The summed E-state index contributed by atoms with van der Waals surface area (Å²) in [5, 5.41) is 9.82. The zero-order valence-corrected chi connectivity index (χ0v) is 11.0. The zero-order valence-electron chi connectivity index (χ0n) is 11.0. The van der Waals surface area contributed by atoms with E-state index in [1.54, 1.807) is 7.11 Å². The Morgan fingerprint density at radius 3 is 2.62 bits per heavy atom. The number of hydrogen-bond donors (Lipinski definition) is 1. The van der Waals surface area contributed by atoms with Crippen molar-refractivity contribution in [1.82, 2.24) is 0 Å². The highest BCUT2D eigenvalue weighted by molar-refractivity contribution is 4.79. The second kappa shape index (κ2) is 5.99. The molecular formula is C13H26O3. The van der Waals surface area contributed by atoms with Crippen LogP contribution in [0.1, 0.15) is 46.5 Å². The fraction of sp³-hybridized carbons (Fsp3) is 1.00. The van der Waals surface area contributed by atoms with E-state index in [4.69, 9.17) is 9.47 Å². The molecule has 0 aromatic heterocycles. The summed E-state index contributed by atoms with van der Waals surface area (Å²) in [5.74, 6) is 0.670. The smallest absolute Gasteiger partial charge is 0.0836 e. The molecular weight excluding hydrogens is 204 g/mol. The van der Waals surface area contributed by atoms with Gasteiger partial charge in [-0.1, -0.05) is 6.92 Å². The summed E-state index contributed by atoms with van der Waals surface area (Å²) in [6, 6.07) is 0. The monoisotopic (exact) mass is 230 g/mol. The first kappa shape index (κ1) is 13.9. The minimum absolute atomic E-state index is 0.0245. The Balaban J connectivity index is 2.26. The summed E-state index contributed by atoms with van der Waals surface area (Å²) >= 11 is 0. The Kier molecular flexibility index (Phi) is 5.22. The quantitative estimate of drug-likeness (QED) is 0.788. The molecule has 3 unspecified atom stereocenters. The van der Waals surface area contributed by atoms with Crippen LogP contribution in [0, 0.1) is 5.92 Å². The molecule has 0 amide bonds. The standard InChI is InChI=1S/C13H26O3/c1-10-5-6-11(14)12(9-10)16-8-7-13(2,3)15-4/h10-12,14H,5-9H2,1-4H3. The topological polar surface area (TPSA) is 38.7 Å². The van der Waals surface area contributed by atoms with Gasteiger partial charge in [0.2, 0.25) is 0 Å². The largest absolute Gasteiger partial charge is 0.390 e. The van der Waals surface area contributed by atoms with E-state index in [1.807, 2.05) is 0 Å². The number of aliphatic hydroxyl groups excluding tert-OH is 1. The van der Waals surface area contributed by atoms with Gasteiger partial charge in [0.25, 0.3) is 0 Å². The zero-order chi connectivity index (χ0) is 12.2. The highest BCUT2D eigenvalue weighted by Crippen LogP contribution is 2.26. The van der Waals surface area contributed by atoms with Crippen molar-refractivity contribution in [3.63, 3.8) is 0 Å². The third-order valence-corrected chi connectivity index (χ3v) is 3.61.